The summed E-state index contributed by atoms with van der Waals surface area (Å²) in [4.78, 5) is 46.9. The number of aromatic amines is 1. The van der Waals surface area contributed by atoms with Gasteiger partial charge in [-0.1, -0.05) is 6.07 Å². The van der Waals surface area contributed by atoms with E-state index in [2.05, 4.69) is 15.3 Å². The lowest BCUT2D eigenvalue weighted by molar-refractivity contribution is -0.123. The molecule has 0 amide bonds. The number of carbonyl (C=O) groups is 3. The van der Waals surface area contributed by atoms with Crippen LogP contribution in [-0.2, 0) is 21.5 Å². The number of nitrogens with zero attached hydrogens (tertiary/aromatic N) is 1. The first-order valence-electron chi connectivity index (χ1n) is 11.4. The molecule has 0 spiro atoms. The molecule has 1 aliphatic heterocycles. The van der Waals surface area contributed by atoms with Gasteiger partial charge in [0, 0.05) is 17.3 Å². The molecule has 36 heavy (non-hydrogen) atoms. The predicted octanol–water partition coefficient (Wildman–Crippen LogP) is 3.54. The van der Waals surface area contributed by atoms with E-state index in [1.54, 1.807) is 6.92 Å². The monoisotopic (exact) mass is 487 g/mol. The summed E-state index contributed by atoms with van der Waals surface area (Å²) in [6.07, 6.45) is 1.20. The van der Waals surface area contributed by atoms with E-state index < -0.39 is 28.5 Å². The normalized spacial score (nSPS) is 20.1. The average Bonchev–Trinajstić information content (AvgIpc) is 3.34. The van der Waals surface area contributed by atoms with Crippen molar-refractivity contribution >= 4 is 28.4 Å². The van der Waals surface area contributed by atoms with Crippen LogP contribution in [-0.4, -0.2) is 37.5 Å². The van der Waals surface area contributed by atoms with Crippen LogP contribution in [0.4, 0.5) is 0 Å². The van der Waals surface area contributed by atoms with Crippen molar-refractivity contribution in [1.82, 2.24) is 15.3 Å². The van der Waals surface area contributed by atoms with E-state index in [4.69, 9.17) is 4.74 Å². The smallest absolute Gasteiger partial charge is 0.194 e. The summed E-state index contributed by atoms with van der Waals surface area (Å²) in [6.45, 7) is 8.09. The topological polar surface area (TPSA) is 142 Å². The van der Waals surface area contributed by atoms with Gasteiger partial charge >= 0.3 is 0 Å². The zero-order chi connectivity index (χ0) is 26.1. The molecule has 0 bridgehead atoms. The molecular weight excluding hydrogens is 462 g/mol. The molecule has 0 fully saturated rings. The van der Waals surface area contributed by atoms with E-state index in [0.717, 1.165) is 16.6 Å². The Labute approximate surface area is 206 Å². The van der Waals surface area contributed by atoms with Gasteiger partial charge in [-0.05, 0) is 52.3 Å². The predicted molar refractivity (Wildman–Crippen MR) is 131 cm³/mol. The van der Waals surface area contributed by atoms with Crippen LogP contribution in [0.15, 0.2) is 41.3 Å². The van der Waals surface area contributed by atoms with E-state index in [9.17, 15) is 24.6 Å². The number of H-pyrrole nitrogens is 1. The Hall–Kier alpha value is -4.40. The summed E-state index contributed by atoms with van der Waals surface area (Å²) in [7, 11) is 0. The zero-order valence-electron chi connectivity index (χ0n) is 20.5. The second-order valence-corrected chi connectivity index (χ2v) is 9.44. The second kappa shape index (κ2) is 7.81. The Morgan fingerprint density at radius 2 is 1.89 bits per heavy atom. The number of aryl methyl sites for hydroxylation is 1. The lowest BCUT2D eigenvalue weighted by Gasteiger charge is -2.29. The van der Waals surface area contributed by atoms with Crippen molar-refractivity contribution in [3.63, 3.8) is 0 Å². The fraction of sp³-hybridized carbons (Fsp3) is 0.259. The molecule has 0 saturated carbocycles. The molecule has 2 aromatic carbocycles. The number of carbonyl (C=O) groups excluding carboxylic acids is 3. The number of nitrogens with one attached hydrogen (secondary N) is 2. The Kier molecular flexibility index (Phi) is 5.06. The summed E-state index contributed by atoms with van der Waals surface area (Å²) in [5, 5.41) is 24.5. The summed E-state index contributed by atoms with van der Waals surface area (Å²) in [6, 6.07) is 5.86. The minimum Gasteiger partial charge on any atom is -0.507 e. The molecular formula is C27H25N3O6. The molecule has 0 unspecified atom stereocenters. The summed E-state index contributed by atoms with van der Waals surface area (Å²) >= 11 is 0. The lowest BCUT2D eigenvalue weighted by Crippen LogP contribution is -2.41. The van der Waals surface area contributed by atoms with Crippen LogP contribution in [0.25, 0.3) is 11.0 Å². The molecule has 0 radical (unpaired) electrons. The van der Waals surface area contributed by atoms with Gasteiger partial charge < -0.3 is 25.3 Å². The minimum atomic E-state index is -1.55. The molecule has 1 aromatic heterocycles. The number of phenolic OH excluding ortho intramolecular Hbond substituents is 2. The number of phenols is 2. The average molecular weight is 488 g/mol. The molecule has 1 atom stereocenters. The second-order valence-electron chi connectivity index (χ2n) is 9.44. The number of fused-ring (bicyclic) bond motifs is 4. The third kappa shape index (κ3) is 3.16. The van der Waals surface area contributed by atoms with Crippen LogP contribution >= 0.6 is 0 Å². The largest absolute Gasteiger partial charge is 0.507 e. The number of allylic oxidation sites excluding steroid dienone is 4. The van der Waals surface area contributed by atoms with Crippen LogP contribution in [0.3, 0.4) is 0 Å². The van der Waals surface area contributed by atoms with E-state index >= 15 is 0 Å². The van der Waals surface area contributed by atoms with Gasteiger partial charge in [0.25, 0.3) is 0 Å². The molecule has 0 saturated heterocycles. The van der Waals surface area contributed by atoms with E-state index in [1.807, 2.05) is 25.1 Å². The van der Waals surface area contributed by atoms with Gasteiger partial charge in [-0.3, -0.25) is 14.4 Å². The van der Waals surface area contributed by atoms with Crippen molar-refractivity contribution in [2.75, 3.05) is 0 Å². The summed E-state index contributed by atoms with van der Waals surface area (Å²) in [5.41, 5.74) is 1.47. The van der Waals surface area contributed by atoms with E-state index in [0.29, 0.717) is 11.5 Å². The molecule has 3 aromatic rings. The highest BCUT2D eigenvalue weighted by Crippen LogP contribution is 2.57. The number of hydrogen-bond acceptors (Lipinski definition) is 8. The van der Waals surface area contributed by atoms with Gasteiger partial charge in [0.2, 0.25) is 0 Å². The van der Waals surface area contributed by atoms with Gasteiger partial charge in [0.05, 0.1) is 28.7 Å². The van der Waals surface area contributed by atoms with Crippen molar-refractivity contribution in [2.24, 2.45) is 0 Å². The lowest BCUT2D eigenvalue weighted by atomic mass is 9.70. The standard InChI is InChI=1S/C27H25N3O6/c1-11-6-7-15-16(8-11)30-19(29-15)10-28-13(3)20-17(32)9-18-27(5,26(20)35)22-24(34)12(2)23(33)21(14(4)31)25(22)36-18/h6-9,28,33-34H,10H2,1-5H3,(H,29,30)/b20-13+/t27-/m0/s1. The molecule has 9 nitrogen and oxygen atoms in total. The van der Waals surface area contributed by atoms with Crippen LogP contribution in [0.2, 0.25) is 0 Å². The quantitative estimate of drug-likeness (QED) is 0.249. The number of benzene rings is 2. The highest BCUT2D eigenvalue weighted by Gasteiger charge is 2.56. The highest BCUT2D eigenvalue weighted by atomic mass is 16.5. The third-order valence-corrected chi connectivity index (χ3v) is 6.97. The Balaban J connectivity index is 1.56. The van der Waals surface area contributed by atoms with Crippen LogP contribution in [0.5, 0.6) is 17.2 Å². The maximum atomic E-state index is 13.8. The molecule has 9 heteroatoms. The van der Waals surface area contributed by atoms with Crippen molar-refractivity contribution in [3.8, 4) is 17.2 Å². The van der Waals surface area contributed by atoms with Crippen molar-refractivity contribution in [2.45, 2.75) is 46.6 Å². The highest BCUT2D eigenvalue weighted by molar-refractivity contribution is 6.31. The Morgan fingerprint density at radius 3 is 2.58 bits per heavy atom. The van der Waals surface area contributed by atoms with Gasteiger partial charge in [-0.15, -0.1) is 0 Å². The van der Waals surface area contributed by atoms with Crippen LogP contribution < -0.4 is 10.1 Å². The number of Topliss-reactive ketones (excluding diaryl/α,β-unsaturated/α-hetero) is 2. The summed E-state index contributed by atoms with van der Waals surface area (Å²) < 4.78 is 5.79. The molecule has 4 N–H and O–H groups in total. The number of hydrogen-bond donors (Lipinski definition) is 4. The van der Waals surface area contributed by atoms with Gasteiger partial charge in [0.1, 0.15) is 39.8 Å². The Morgan fingerprint density at radius 1 is 1.17 bits per heavy atom. The molecule has 2 aliphatic rings. The fourth-order valence-corrected chi connectivity index (χ4v) is 4.93. The molecule has 184 valence electrons. The number of aromatic hydroxyl groups is 2. The number of aromatic nitrogens is 2. The maximum absolute atomic E-state index is 13.8. The van der Waals surface area contributed by atoms with Crippen molar-refractivity contribution in [1.29, 1.82) is 0 Å². The third-order valence-electron chi connectivity index (χ3n) is 6.97. The first-order chi connectivity index (χ1) is 16.9. The van der Waals surface area contributed by atoms with Crippen molar-refractivity contribution < 1.29 is 29.3 Å². The van der Waals surface area contributed by atoms with Gasteiger partial charge in [0.15, 0.2) is 17.3 Å². The van der Waals surface area contributed by atoms with Crippen LogP contribution in [0.1, 0.15) is 53.6 Å². The van der Waals surface area contributed by atoms with E-state index in [-0.39, 0.29) is 46.1 Å². The Bertz CT molecular complexity index is 1590. The molecule has 1 aliphatic carbocycles. The SMILES string of the molecule is CC(=O)c1c(O)c(C)c(O)c2c1OC1=CC(=O)/C(=C(/C)NCc3nc4ccc(C)cc4[nH]3)C(=O)[C@@]12C. The molecule has 2 heterocycles. The zero-order valence-corrected chi connectivity index (χ0v) is 20.5. The first-order valence-corrected chi connectivity index (χ1v) is 11.4. The number of rotatable bonds is 4. The van der Waals surface area contributed by atoms with Crippen LogP contribution in [0, 0.1) is 13.8 Å². The number of imidazole rings is 1. The minimum absolute atomic E-state index is 0.000459. The molecule has 5 rings (SSSR count). The first kappa shape index (κ1) is 23.3. The fourth-order valence-electron chi connectivity index (χ4n) is 4.93. The summed E-state index contributed by atoms with van der Waals surface area (Å²) in [5.74, 6) is -1.89. The maximum Gasteiger partial charge on any atom is 0.194 e. The number of ketones is 3. The number of ether oxygens (including phenoxy) is 1. The van der Waals surface area contributed by atoms with Crippen molar-refractivity contribution in [3.05, 3.63) is 69.4 Å². The van der Waals surface area contributed by atoms with Gasteiger partial charge in [-0.2, -0.15) is 0 Å². The van der Waals surface area contributed by atoms with Gasteiger partial charge in [-0.25, -0.2) is 4.98 Å². The van der Waals surface area contributed by atoms with E-state index in [1.165, 1.54) is 26.8 Å².